The summed E-state index contributed by atoms with van der Waals surface area (Å²) in [6.07, 6.45) is 3.39. The topological polar surface area (TPSA) is 125 Å². The first-order valence-corrected chi connectivity index (χ1v) is 17.8. The van der Waals surface area contributed by atoms with Gasteiger partial charge in [-0.25, -0.2) is 0 Å². The van der Waals surface area contributed by atoms with Crippen LogP contribution in [0, 0.1) is 17.8 Å². The Labute approximate surface area is 300 Å². The van der Waals surface area contributed by atoms with E-state index >= 15 is 0 Å². The van der Waals surface area contributed by atoms with E-state index in [2.05, 4.69) is 34.4 Å². The number of aliphatic hydroxyl groups is 1. The number of hydrogen-bond acceptors (Lipinski definition) is 7. The van der Waals surface area contributed by atoms with Gasteiger partial charge < -0.3 is 29.7 Å². The Bertz CT molecular complexity index is 1570. The van der Waals surface area contributed by atoms with Gasteiger partial charge >= 0.3 is 5.97 Å². The second kappa shape index (κ2) is 15.6. The molecule has 3 amide bonds. The van der Waals surface area contributed by atoms with E-state index in [0.717, 1.165) is 0 Å². The van der Waals surface area contributed by atoms with E-state index in [1.165, 1.54) is 9.80 Å². The number of hydrogen-bond donors (Lipinski definition) is 2. The van der Waals surface area contributed by atoms with Gasteiger partial charge in [0.1, 0.15) is 18.2 Å². The molecule has 3 saturated heterocycles. The molecular formula is C37H43BrClN3O7. The monoisotopic (exact) mass is 755 g/mol. The number of nitrogens with zero attached hydrogens (tertiary/aromatic N) is 2. The molecule has 0 saturated carbocycles. The van der Waals surface area contributed by atoms with Crippen molar-refractivity contribution in [3.8, 4) is 0 Å². The highest BCUT2D eigenvalue weighted by molar-refractivity contribution is 9.09. The third-order valence-corrected chi connectivity index (χ3v) is 10.9. The van der Waals surface area contributed by atoms with Crippen LogP contribution in [-0.4, -0.2) is 82.1 Å². The number of benzene rings is 2. The molecule has 0 aromatic heterocycles. The number of carbonyl (C=O) groups is 4. The Kier molecular flexibility index (Phi) is 11.7. The van der Waals surface area contributed by atoms with Crippen molar-refractivity contribution < 1.29 is 33.8 Å². The van der Waals surface area contributed by atoms with Gasteiger partial charge in [0.15, 0.2) is 0 Å². The number of halogens is 2. The third kappa shape index (κ3) is 6.95. The number of alkyl halides is 1. The lowest BCUT2D eigenvalue weighted by Gasteiger charge is -2.40. The van der Waals surface area contributed by atoms with Crippen molar-refractivity contribution in [2.24, 2.45) is 17.8 Å². The first kappa shape index (κ1) is 36.8. The fraction of sp³-hybridized carbons (Fsp3) is 0.459. The highest BCUT2D eigenvalue weighted by atomic mass is 79.9. The van der Waals surface area contributed by atoms with Crippen LogP contribution in [0.3, 0.4) is 0 Å². The van der Waals surface area contributed by atoms with Crippen molar-refractivity contribution in [1.82, 2.24) is 10.2 Å². The average Bonchev–Trinajstić information content (AvgIpc) is 3.68. The Hall–Kier alpha value is -3.51. The quantitative estimate of drug-likeness (QED) is 0.149. The van der Waals surface area contributed by atoms with Gasteiger partial charge in [0.2, 0.25) is 11.8 Å². The van der Waals surface area contributed by atoms with E-state index in [4.69, 9.17) is 21.1 Å². The molecule has 12 heteroatoms. The Morgan fingerprint density at radius 3 is 2.49 bits per heavy atom. The molecule has 3 heterocycles. The second-order valence-corrected chi connectivity index (χ2v) is 14.7. The highest BCUT2D eigenvalue weighted by Gasteiger charge is 2.77. The predicted octanol–water partition coefficient (Wildman–Crippen LogP) is 4.99. The molecule has 2 N–H and O–H groups in total. The van der Waals surface area contributed by atoms with Gasteiger partial charge in [-0.3, -0.25) is 19.2 Å². The number of esters is 1. The molecule has 5 rings (SSSR count). The molecule has 262 valence electrons. The van der Waals surface area contributed by atoms with Crippen molar-refractivity contribution in [3.63, 3.8) is 0 Å². The lowest BCUT2D eigenvalue weighted by atomic mass is 9.70. The maximum Gasteiger partial charge on any atom is 0.306 e. The SMILES string of the molecule is C=CCCC(=O)OC[C@@H](NC(=O)[C@H]1[C@@H]2O[C@@]3(CC2Br)[C@@H]1C(=O)N([C@@H](CO)C(C)C)[C@@H]3C(=O)N(CC=C)c1ccccc1Cl)c1ccccc1. The minimum absolute atomic E-state index is 0.0999. The van der Waals surface area contributed by atoms with Gasteiger partial charge in [0.05, 0.1) is 47.3 Å². The minimum atomic E-state index is -1.38. The smallest absolute Gasteiger partial charge is 0.306 e. The Morgan fingerprint density at radius 1 is 1.16 bits per heavy atom. The molecule has 3 aliphatic heterocycles. The molecule has 3 aliphatic rings. The van der Waals surface area contributed by atoms with Crippen molar-refractivity contribution in [3.05, 3.63) is 90.5 Å². The lowest BCUT2D eigenvalue weighted by molar-refractivity contribution is -0.147. The van der Waals surface area contributed by atoms with Crippen LogP contribution in [0.25, 0.3) is 0 Å². The van der Waals surface area contributed by atoms with Crippen molar-refractivity contribution in [2.75, 3.05) is 24.7 Å². The third-order valence-electron chi connectivity index (χ3n) is 9.78. The predicted molar refractivity (Wildman–Crippen MR) is 190 cm³/mol. The molecule has 3 fully saturated rings. The average molecular weight is 757 g/mol. The number of para-hydroxylation sites is 1. The first-order chi connectivity index (χ1) is 23.5. The summed E-state index contributed by atoms with van der Waals surface area (Å²) in [4.78, 5) is 59.0. The number of likely N-dealkylation sites (tertiary alicyclic amines) is 1. The van der Waals surface area contributed by atoms with Crippen LogP contribution in [-0.2, 0) is 28.7 Å². The number of ether oxygens (including phenoxy) is 2. The van der Waals surface area contributed by atoms with E-state index in [1.54, 1.807) is 36.4 Å². The number of aliphatic hydroxyl groups excluding tert-OH is 1. The van der Waals surface area contributed by atoms with Gasteiger partial charge in [-0.1, -0.05) is 96.0 Å². The van der Waals surface area contributed by atoms with E-state index in [-0.39, 0.29) is 36.7 Å². The number of fused-ring (bicyclic) bond motifs is 1. The maximum absolute atomic E-state index is 14.9. The zero-order valence-electron chi connectivity index (χ0n) is 27.7. The summed E-state index contributed by atoms with van der Waals surface area (Å²) in [7, 11) is 0. The van der Waals surface area contributed by atoms with Crippen LogP contribution in [0.15, 0.2) is 79.9 Å². The number of carbonyl (C=O) groups excluding carboxylic acids is 4. The molecule has 49 heavy (non-hydrogen) atoms. The van der Waals surface area contributed by atoms with Crippen molar-refractivity contribution in [1.29, 1.82) is 0 Å². The molecule has 0 radical (unpaired) electrons. The van der Waals surface area contributed by atoms with Crippen molar-refractivity contribution >= 4 is 56.9 Å². The molecule has 2 aromatic rings. The van der Waals surface area contributed by atoms with Crippen LogP contribution >= 0.6 is 27.5 Å². The molecule has 1 unspecified atom stereocenters. The molecule has 2 aromatic carbocycles. The van der Waals surface area contributed by atoms with Crippen LogP contribution in [0.2, 0.25) is 5.02 Å². The van der Waals surface area contributed by atoms with Crippen LogP contribution in [0.5, 0.6) is 0 Å². The van der Waals surface area contributed by atoms with E-state index < -0.39 is 72.0 Å². The zero-order chi connectivity index (χ0) is 35.5. The number of anilines is 1. The molecule has 0 aliphatic carbocycles. The van der Waals surface area contributed by atoms with Gasteiger partial charge in [-0.05, 0) is 36.5 Å². The zero-order valence-corrected chi connectivity index (χ0v) is 30.0. The van der Waals surface area contributed by atoms with E-state index in [0.29, 0.717) is 22.7 Å². The number of nitrogens with one attached hydrogen (secondary N) is 1. The van der Waals surface area contributed by atoms with Gasteiger partial charge in [-0.2, -0.15) is 0 Å². The summed E-state index contributed by atoms with van der Waals surface area (Å²) in [6.45, 7) is 10.8. The summed E-state index contributed by atoms with van der Waals surface area (Å²) in [5.41, 5.74) is -0.219. The summed E-state index contributed by atoms with van der Waals surface area (Å²) >= 11 is 10.3. The lowest BCUT2D eigenvalue weighted by Crippen LogP contribution is -2.60. The highest BCUT2D eigenvalue weighted by Crippen LogP contribution is 2.61. The molecule has 1 spiro atoms. The standard InChI is InChI=1S/C37H43BrClN3O7/c1-5-7-17-29(44)48-21-26(23-13-9-8-10-14-23)40-34(45)30-31-35(46)42(28(20-43)22(3)4)33(37(31)19-24(38)32(30)49-37)36(47)41(18-6-2)27-16-12-11-15-25(27)39/h5-6,8-16,22,24,26,28,30-33,43H,1-2,7,17-21H2,3-4H3,(H,40,45)/t24?,26-,28+,30-,31+,32-,33-,37+/m1/s1. The summed E-state index contributed by atoms with van der Waals surface area (Å²) < 4.78 is 12.2. The normalized spacial score (nSPS) is 26.6. The molecule has 2 bridgehead atoms. The number of amides is 3. The van der Waals surface area contributed by atoms with Gasteiger partial charge in [0.25, 0.3) is 5.91 Å². The van der Waals surface area contributed by atoms with Gasteiger partial charge in [-0.15, -0.1) is 13.2 Å². The maximum atomic E-state index is 14.9. The molecular weight excluding hydrogens is 714 g/mol. The Balaban J connectivity index is 1.53. The Morgan fingerprint density at radius 2 is 1.86 bits per heavy atom. The summed E-state index contributed by atoms with van der Waals surface area (Å²) in [6, 6.07) is 13.4. The second-order valence-electron chi connectivity index (χ2n) is 13.1. The fourth-order valence-electron chi connectivity index (χ4n) is 7.52. The van der Waals surface area contributed by atoms with E-state index in [9.17, 15) is 24.3 Å². The minimum Gasteiger partial charge on any atom is -0.463 e. The summed E-state index contributed by atoms with van der Waals surface area (Å²) in [5.74, 6) is -3.99. The molecule has 8 atom stereocenters. The molecule has 10 nitrogen and oxygen atoms in total. The van der Waals surface area contributed by atoms with Crippen LogP contribution in [0.1, 0.15) is 44.7 Å². The largest absolute Gasteiger partial charge is 0.463 e. The van der Waals surface area contributed by atoms with Crippen LogP contribution in [0.4, 0.5) is 5.69 Å². The first-order valence-electron chi connectivity index (χ1n) is 16.5. The number of rotatable bonds is 15. The van der Waals surface area contributed by atoms with Gasteiger partial charge in [0, 0.05) is 17.8 Å². The van der Waals surface area contributed by atoms with Crippen LogP contribution < -0.4 is 10.2 Å². The van der Waals surface area contributed by atoms with Crippen molar-refractivity contribution in [2.45, 2.75) is 67.8 Å². The fourth-order valence-corrected chi connectivity index (χ4v) is 8.70. The van der Waals surface area contributed by atoms with E-state index in [1.807, 2.05) is 44.2 Å². The summed E-state index contributed by atoms with van der Waals surface area (Å²) in [5, 5.41) is 14.0. The number of allylic oxidation sites excluding steroid dienone is 1.